The smallest absolute Gasteiger partial charge is 0.123 e. The molecule has 0 aliphatic heterocycles. The highest BCUT2D eigenvalue weighted by atomic mass is 19.1. The molecular weight excluding hydrogens is 213 g/mol. The number of allylic oxidation sites excluding steroid dienone is 1. The molecule has 0 atom stereocenters. The van der Waals surface area contributed by atoms with Gasteiger partial charge in [-0.25, -0.2) is 4.39 Å². The van der Waals surface area contributed by atoms with E-state index in [0.29, 0.717) is 0 Å². The Morgan fingerprint density at radius 3 is 2.94 bits per heavy atom. The van der Waals surface area contributed by atoms with E-state index < -0.39 is 0 Å². The van der Waals surface area contributed by atoms with E-state index in [0.717, 1.165) is 24.0 Å². The first-order valence-corrected chi connectivity index (χ1v) is 5.72. The van der Waals surface area contributed by atoms with Gasteiger partial charge in [-0.1, -0.05) is 12.1 Å². The molecular formula is C15H12FN. The van der Waals surface area contributed by atoms with Crippen LogP contribution in [0.2, 0.25) is 0 Å². The molecule has 0 radical (unpaired) electrons. The number of aryl methyl sites for hydroxylation is 1. The van der Waals surface area contributed by atoms with Gasteiger partial charge >= 0.3 is 0 Å². The van der Waals surface area contributed by atoms with Gasteiger partial charge in [0.25, 0.3) is 0 Å². The normalized spacial score (nSPS) is 16.2. The van der Waals surface area contributed by atoms with Crippen LogP contribution < -0.4 is 0 Å². The van der Waals surface area contributed by atoms with Gasteiger partial charge in [-0.2, -0.15) is 0 Å². The highest BCUT2D eigenvalue weighted by Gasteiger charge is 2.16. The van der Waals surface area contributed by atoms with Gasteiger partial charge in [0.15, 0.2) is 0 Å². The van der Waals surface area contributed by atoms with Gasteiger partial charge in [-0.15, -0.1) is 0 Å². The first kappa shape index (κ1) is 10.2. The van der Waals surface area contributed by atoms with Gasteiger partial charge in [0.2, 0.25) is 0 Å². The van der Waals surface area contributed by atoms with Gasteiger partial charge in [-0.3, -0.25) is 4.98 Å². The number of halogens is 1. The van der Waals surface area contributed by atoms with Crippen LogP contribution in [0.4, 0.5) is 4.39 Å². The predicted octanol–water partition coefficient (Wildman–Crippen LogP) is 3.71. The van der Waals surface area contributed by atoms with Gasteiger partial charge in [-0.05, 0) is 59.4 Å². The molecule has 84 valence electrons. The quantitative estimate of drug-likeness (QED) is 0.721. The summed E-state index contributed by atoms with van der Waals surface area (Å²) in [7, 11) is 0. The molecule has 17 heavy (non-hydrogen) atoms. The van der Waals surface area contributed by atoms with Crippen molar-refractivity contribution in [2.45, 2.75) is 12.8 Å². The maximum Gasteiger partial charge on any atom is 0.123 e. The zero-order chi connectivity index (χ0) is 11.7. The number of hydrogen-bond acceptors (Lipinski definition) is 1. The third kappa shape index (κ3) is 1.98. The fraction of sp³-hybridized carbons (Fsp3) is 0.133. The molecule has 1 aliphatic carbocycles. The number of hydrogen-bond donors (Lipinski definition) is 0. The first-order chi connectivity index (χ1) is 8.33. The monoisotopic (exact) mass is 225 g/mol. The van der Waals surface area contributed by atoms with Gasteiger partial charge in [0.1, 0.15) is 5.82 Å². The lowest BCUT2D eigenvalue weighted by atomic mass is 10.1. The van der Waals surface area contributed by atoms with E-state index in [1.165, 1.54) is 17.2 Å². The summed E-state index contributed by atoms with van der Waals surface area (Å²) in [6.45, 7) is 0. The number of pyridine rings is 1. The molecule has 2 heteroatoms. The van der Waals surface area contributed by atoms with Gasteiger partial charge < -0.3 is 0 Å². The summed E-state index contributed by atoms with van der Waals surface area (Å²) < 4.78 is 13.1. The topological polar surface area (TPSA) is 12.9 Å². The minimum absolute atomic E-state index is 0.147. The molecule has 0 amide bonds. The van der Waals surface area contributed by atoms with Crippen molar-refractivity contribution < 1.29 is 4.39 Å². The van der Waals surface area contributed by atoms with Gasteiger partial charge in [0.05, 0.1) is 0 Å². The van der Waals surface area contributed by atoms with Crippen molar-refractivity contribution in [3.05, 3.63) is 65.2 Å². The van der Waals surface area contributed by atoms with Crippen LogP contribution in [0, 0.1) is 5.82 Å². The highest BCUT2D eigenvalue weighted by Crippen LogP contribution is 2.33. The summed E-state index contributed by atoms with van der Waals surface area (Å²) in [5, 5.41) is 0. The van der Waals surface area contributed by atoms with Gasteiger partial charge in [0, 0.05) is 12.4 Å². The minimum Gasteiger partial charge on any atom is -0.264 e. The third-order valence-electron chi connectivity index (χ3n) is 3.10. The second kappa shape index (κ2) is 4.13. The second-order valence-corrected chi connectivity index (χ2v) is 4.26. The number of aromatic nitrogens is 1. The van der Waals surface area contributed by atoms with Crippen molar-refractivity contribution in [2.75, 3.05) is 0 Å². The van der Waals surface area contributed by atoms with Crippen LogP contribution in [-0.2, 0) is 6.42 Å². The first-order valence-electron chi connectivity index (χ1n) is 5.72. The van der Waals surface area contributed by atoms with E-state index in [2.05, 4.69) is 11.1 Å². The van der Waals surface area contributed by atoms with Crippen LogP contribution in [0.1, 0.15) is 23.1 Å². The maximum atomic E-state index is 13.1. The predicted molar refractivity (Wildman–Crippen MR) is 66.8 cm³/mol. The molecule has 0 unspecified atom stereocenters. The molecule has 1 nitrogen and oxygen atoms in total. The van der Waals surface area contributed by atoms with Crippen molar-refractivity contribution in [2.24, 2.45) is 0 Å². The highest BCUT2D eigenvalue weighted by molar-refractivity contribution is 5.85. The Kier molecular flexibility index (Phi) is 2.48. The van der Waals surface area contributed by atoms with E-state index in [1.54, 1.807) is 12.3 Å². The summed E-state index contributed by atoms with van der Waals surface area (Å²) in [4.78, 5) is 4.09. The number of benzene rings is 1. The minimum atomic E-state index is -0.147. The largest absolute Gasteiger partial charge is 0.264 e. The number of fused-ring (bicyclic) bond motifs is 1. The Morgan fingerprint density at radius 1 is 1.18 bits per heavy atom. The lowest BCUT2D eigenvalue weighted by Crippen LogP contribution is -1.83. The van der Waals surface area contributed by atoms with Crippen LogP contribution in [0.3, 0.4) is 0 Å². The molecule has 1 aliphatic rings. The Balaban J connectivity index is 2.02. The van der Waals surface area contributed by atoms with E-state index in [1.807, 2.05) is 24.4 Å². The number of nitrogens with zero attached hydrogens (tertiary/aromatic N) is 1. The molecule has 0 saturated heterocycles. The molecule has 0 bridgehead atoms. The standard InChI is InChI=1S/C15H12FN/c16-14-5-6-15-12(3-4-13(15)9-14)8-11-2-1-7-17-10-11/h1-2,5-10H,3-4H2/b12-8+. The fourth-order valence-corrected chi connectivity index (χ4v) is 2.30. The molecule has 1 aromatic heterocycles. The van der Waals surface area contributed by atoms with E-state index in [9.17, 15) is 4.39 Å². The lowest BCUT2D eigenvalue weighted by Gasteiger charge is -2.01. The maximum absolute atomic E-state index is 13.1. The van der Waals surface area contributed by atoms with E-state index in [4.69, 9.17) is 0 Å². The van der Waals surface area contributed by atoms with Crippen molar-refractivity contribution in [1.29, 1.82) is 0 Å². The van der Waals surface area contributed by atoms with Crippen molar-refractivity contribution in [1.82, 2.24) is 4.98 Å². The van der Waals surface area contributed by atoms with Crippen molar-refractivity contribution >= 4 is 11.6 Å². The molecule has 0 fully saturated rings. The Hall–Kier alpha value is -1.96. The summed E-state index contributed by atoms with van der Waals surface area (Å²) >= 11 is 0. The average molecular weight is 225 g/mol. The second-order valence-electron chi connectivity index (χ2n) is 4.26. The SMILES string of the molecule is Fc1ccc2c(c1)CC/C2=C\c1cccnc1. The Bertz CT molecular complexity index is 573. The zero-order valence-electron chi connectivity index (χ0n) is 9.36. The van der Waals surface area contributed by atoms with Crippen molar-refractivity contribution in [3.8, 4) is 0 Å². The number of rotatable bonds is 1. The third-order valence-corrected chi connectivity index (χ3v) is 3.10. The lowest BCUT2D eigenvalue weighted by molar-refractivity contribution is 0.626. The van der Waals surface area contributed by atoms with E-state index in [-0.39, 0.29) is 5.82 Å². The average Bonchev–Trinajstić information content (AvgIpc) is 2.73. The molecule has 0 saturated carbocycles. The fourth-order valence-electron chi connectivity index (χ4n) is 2.30. The molecule has 0 N–H and O–H groups in total. The van der Waals surface area contributed by atoms with Crippen LogP contribution in [0.15, 0.2) is 42.7 Å². The zero-order valence-corrected chi connectivity index (χ0v) is 9.36. The Morgan fingerprint density at radius 2 is 2.12 bits per heavy atom. The summed E-state index contributed by atoms with van der Waals surface area (Å²) in [5.41, 5.74) is 4.66. The molecule has 2 aromatic rings. The van der Waals surface area contributed by atoms with Crippen LogP contribution in [0.25, 0.3) is 11.6 Å². The molecule has 0 spiro atoms. The van der Waals surface area contributed by atoms with Crippen LogP contribution >= 0.6 is 0 Å². The molecule has 1 heterocycles. The van der Waals surface area contributed by atoms with Crippen molar-refractivity contribution in [3.63, 3.8) is 0 Å². The summed E-state index contributed by atoms with van der Waals surface area (Å²) in [6.07, 6.45) is 7.65. The van der Waals surface area contributed by atoms with E-state index >= 15 is 0 Å². The summed E-state index contributed by atoms with van der Waals surface area (Å²) in [6, 6.07) is 8.99. The summed E-state index contributed by atoms with van der Waals surface area (Å²) in [5.74, 6) is -0.147. The van der Waals surface area contributed by atoms with Crippen LogP contribution in [-0.4, -0.2) is 4.98 Å². The molecule has 3 rings (SSSR count). The van der Waals surface area contributed by atoms with Crippen LogP contribution in [0.5, 0.6) is 0 Å². The molecule has 1 aromatic carbocycles. The Labute approximate surface area is 99.6 Å².